The number of hydrogen-bond donors (Lipinski definition) is 1. The predicted molar refractivity (Wildman–Crippen MR) is 79.5 cm³/mol. The van der Waals surface area contributed by atoms with Gasteiger partial charge in [-0.25, -0.2) is 8.42 Å². The largest absolute Gasteiger partial charge is 0.292 e. The molecule has 0 saturated carbocycles. The second-order valence-corrected chi connectivity index (χ2v) is 6.49. The Morgan fingerprint density at radius 1 is 1.37 bits per heavy atom. The van der Waals surface area contributed by atoms with E-state index in [4.69, 9.17) is 6.42 Å². The van der Waals surface area contributed by atoms with Crippen LogP contribution in [0.4, 0.5) is 5.69 Å². The van der Waals surface area contributed by atoms with Crippen molar-refractivity contribution in [2.45, 2.75) is 19.4 Å². The molecule has 0 amide bonds. The average Bonchev–Trinajstić information content (AvgIpc) is 2.30. The number of hydrogen-bond acceptors (Lipinski definition) is 3. The molecule has 0 fully saturated rings. The quantitative estimate of drug-likeness (QED) is 0.804. The van der Waals surface area contributed by atoms with Gasteiger partial charge in [-0.3, -0.25) is 9.62 Å². The van der Waals surface area contributed by atoms with Crippen molar-refractivity contribution >= 4 is 15.7 Å². The summed E-state index contributed by atoms with van der Waals surface area (Å²) in [6.45, 7) is 2.73. The summed E-state index contributed by atoms with van der Waals surface area (Å²) >= 11 is 0. The zero-order valence-corrected chi connectivity index (χ0v) is 12.4. The van der Waals surface area contributed by atoms with Crippen molar-refractivity contribution in [2.24, 2.45) is 0 Å². The van der Waals surface area contributed by atoms with E-state index >= 15 is 0 Å². The standard InChI is InChI=1S/C14H20N2O2S/c1-5-10-16(3)12(2)11-13-6-8-14(9-7-13)15-19(4,17)18/h1,6-9,12,15H,10-11H2,2-4H3/t12-/m1/s1. The van der Waals surface area contributed by atoms with Gasteiger partial charge in [0.25, 0.3) is 0 Å². The minimum atomic E-state index is -3.21. The number of anilines is 1. The molecule has 0 heterocycles. The minimum Gasteiger partial charge on any atom is -0.292 e. The zero-order valence-electron chi connectivity index (χ0n) is 11.6. The number of nitrogens with zero attached hydrogens (tertiary/aromatic N) is 1. The molecule has 1 rings (SSSR count). The van der Waals surface area contributed by atoms with Crippen molar-refractivity contribution in [2.75, 3.05) is 24.6 Å². The van der Waals surface area contributed by atoms with Crippen LogP contribution in [0.1, 0.15) is 12.5 Å². The Morgan fingerprint density at radius 2 is 1.95 bits per heavy atom. The predicted octanol–water partition coefficient (Wildman–Crippen LogP) is 1.55. The number of nitrogens with one attached hydrogen (secondary N) is 1. The highest BCUT2D eigenvalue weighted by atomic mass is 32.2. The fraction of sp³-hybridized carbons (Fsp3) is 0.429. The molecular formula is C14H20N2O2S. The third-order valence-electron chi connectivity index (χ3n) is 2.88. The molecule has 1 aromatic carbocycles. The van der Waals surface area contributed by atoms with Crippen molar-refractivity contribution in [1.29, 1.82) is 0 Å². The van der Waals surface area contributed by atoms with Gasteiger partial charge >= 0.3 is 0 Å². The third kappa shape index (κ3) is 5.77. The maximum Gasteiger partial charge on any atom is 0.229 e. The van der Waals surface area contributed by atoms with Gasteiger partial charge < -0.3 is 0 Å². The molecule has 104 valence electrons. The monoisotopic (exact) mass is 280 g/mol. The van der Waals surface area contributed by atoms with E-state index in [1.165, 1.54) is 0 Å². The van der Waals surface area contributed by atoms with Gasteiger partial charge in [0.05, 0.1) is 12.8 Å². The topological polar surface area (TPSA) is 49.4 Å². The summed E-state index contributed by atoms with van der Waals surface area (Å²) in [6.07, 6.45) is 7.29. The Bertz CT molecular complexity index is 544. The summed E-state index contributed by atoms with van der Waals surface area (Å²) in [7, 11) is -1.22. The van der Waals surface area contributed by atoms with Crippen LogP contribution < -0.4 is 4.72 Å². The normalized spacial score (nSPS) is 13.0. The smallest absolute Gasteiger partial charge is 0.229 e. The van der Waals surface area contributed by atoms with Gasteiger partial charge in [0, 0.05) is 11.7 Å². The van der Waals surface area contributed by atoms with E-state index in [0.717, 1.165) is 18.2 Å². The van der Waals surface area contributed by atoms with Crippen molar-refractivity contribution < 1.29 is 8.42 Å². The summed E-state index contributed by atoms with van der Waals surface area (Å²) < 4.78 is 24.6. The Morgan fingerprint density at radius 3 is 2.42 bits per heavy atom. The first-order chi connectivity index (χ1) is 8.81. The second-order valence-electron chi connectivity index (χ2n) is 4.74. The molecule has 0 bridgehead atoms. The maximum atomic E-state index is 11.1. The van der Waals surface area contributed by atoms with Gasteiger partial charge in [-0.2, -0.15) is 0 Å². The Kier molecular flexibility index (Phi) is 5.40. The molecule has 0 aliphatic rings. The van der Waals surface area contributed by atoms with Gasteiger partial charge in [0.2, 0.25) is 10.0 Å². The number of rotatable bonds is 6. The molecule has 0 aliphatic carbocycles. The van der Waals surface area contributed by atoms with Crippen LogP contribution in [-0.4, -0.2) is 39.2 Å². The Balaban J connectivity index is 2.65. The Hall–Kier alpha value is -1.51. The Labute approximate surface area is 115 Å². The molecule has 1 N–H and O–H groups in total. The molecule has 0 saturated heterocycles. The molecule has 5 heteroatoms. The van der Waals surface area contributed by atoms with Gasteiger partial charge in [0.1, 0.15) is 0 Å². The molecular weight excluding hydrogens is 260 g/mol. The summed E-state index contributed by atoms with van der Waals surface area (Å²) in [6, 6.07) is 7.72. The first kappa shape index (κ1) is 15.5. The van der Waals surface area contributed by atoms with Crippen LogP contribution in [0, 0.1) is 12.3 Å². The van der Waals surface area contributed by atoms with Gasteiger partial charge in [0.15, 0.2) is 0 Å². The van der Waals surface area contributed by atoms with Crippen LogP contribution in [0.5, 0.6) is 0 Å². The second kappa shape index (κ2) is 6.60. The molecule has 0 unspecified atom stereocenters. The lowest BCUT2D eigenvalue weighted by Gasteiger charge is -2.22. The van der Waals surface area contributed by atoms with Crippen molar-refractivity contribution in [3.05, 3.63) is 29.8 Å². The van der Waals surface area contributed by atoms with Crippen LogP contribution >= 0.6 is 0 Å². The van der Waals surface area contributed by atoms with Crippen LogP contribution in [0.3, 0.4) is 0 Å². The van der Waals surface area contributed by atoms with Crippen LogP contribution in [0.15, 0.2) is 24.3 Å². The van der Waals surface area contributed by atoms with Crippen LogP contribution in [0.25, 0.3) is 0 Å². The van der Waals surface area contributed by atoms with Crippen LogP contribution in [-0.2, 0) is 16.4 Å². The summed E-state index contributed by atoms with van der Waals surface area (Å²) in [5.41, 5.74) is 1.73. The highest BCUT2D eigenvalue weighted by Gasteiger charge is 2.09. The highest BCUT2D eigenvalue weighted by molar-refractivity contribution is 7.92. The number of benzene rings is 1. The van der Waals surface area contributed by atoms with E-state index in [0.29, 0.717) is 18.3 Å². The van der Waals surface area contributed by atoms with Gasteiger partial charge in [-0.05, 0) is 38.1 Å². The average molecular weight is 280 g/mol. The fourth-order valence-corrected chi connectivity index (χ4v) is 2.28. The summed E-state index contributed by atoms with van der Waals surface area (Å²) in [4.78, 5) is 2.10. The lowest BCUT2D eigenvalue weighted by molar-refractivity contribution is 0.287. The molecule has 0 radical (unpaired) electrons. The number of likely N-dealkylation sites (N-methyl/N-ethyl adjacent to an activating group) is 1. The van der Waals surface area contributed by atoms with Crippen molar-refractivity contribution in [3.63, 3.8) is 0 Å². The third-order valence-corrected chi connectivity index (χ3v) is 3.49. The number of sulfonamides is 1. The van der Waals surface area contributed by atoms with Crippen molar-refractivity contribution in [3.8, 4) is 12.3 Å². The van der Waals surface area contributed by atoms with Gasteiger partial charge in [-0.15, -0.1) is 6.42 Å². The number of terminal acetylenes is 1. The molecule has 19 heavy (non-hydrogen) atoms. The van der Waals surface area contributed by atoms with E-state index in [-0.39, 0.29) is 0 Å². The summed E-state index contributed by atoms with van der Waals surface area (Å²) in [5, 5.41) is 0. The molecule has 0 spiro atoms. The minimum absolute atomic E-state index is 0.338. The lowest BCUT2D eigenvalue weighted by atomic mass is 10.1. The summed E-state index contributed by atoms with van der Waals surface area (Å²) in [5.74, 6) is 2.62. The SMILES string of the molecule is C#CCN(C)[C@H](C)Cc1ccc(NS(C)(=O)=O)cc1. The molecule has 0 aromatic heterocycles. The molecule has 4 nitrogen and oxygen atoms in total. The van der Waals surface area contributed by atoms with Crippen molar-refractivity contribution in [1.82, 2.24) is 4.90 Å². The maximum absolute atomic E-state index is 11.1. The van der Waals surface area contributed by atoms with E-state index in [1.54, 1.807) is 12.1 Å². The lowest BCUT2D eigenvalue weighted by Crippen LogP contribution is -2.31. The molecule has 0 aliphatic heterocycles. The zero-order chi connectivity index (χ0) is 14.5. The van der Waals surface area contributed by atoms with E-state index in [2.05, 4.69) is 22.5 Å². The van der Waals surface area contributed by atoms with Crippen LogP contribution in [0.2, 0.25) is 0 Å². The fourth-order valence-electron chi connectivity index (χ4n) is 1.72. The van der Waals surface area contributed by atoms with E-state index < -0.39 is 10.0 Å². The highest BCUT2D eigenvalue weighted by Crippen LogP contribution is 2.13. The molecule has 1 atom stereocenters. The van der Waals surface area contributed by atoms with E-state index in [1.807, 2.05) is 19.2 Å². The first-order valence-corrected chi connectivity index (χ1v) is 7.91. The molecule has 1 aromatic rings. The first-order valence-electron chi connectivity index (χ1n) is 6.02. The van der Waals surface area contributed by atoms with E-state index in [9.17, 15) is 8.42 Å². The van der Waals surface area contributed by atoms with Gasteiger partial charge in [-0.1, -0.05) is 18.1 Å².